The first-order valence-electron chi connectivity index (χ1n) is 5.93. The van der Waals surface area contributed by atoms with E-state index in [1.165, 1.54) is 12.8 Å². The molecule has 1 amide bonds. The molecule has 0 bridgehead atoms. The highest BCUT2D eigenvalue weighted by Crippen LogP contribution is 2.13. The molecule has 1 N–H and O–H groups in total. The Labute approximate surface area is 91.6 Å². The molecule has 0 aliphatic carbocycles. The second-order valence-corrected chi connectivity index (χ2v) is 4.79. The highest BCUT2D eigenvalue weighted by Gasteiger charge is 2.24. The fourth-order valence-electron chi connectivity index (χ4n) is 2.41. The van der Waals surface area contributed by atoms with E-state index in [1.807, 2.05) is 11.9 Å². The molecule has 0 saturated carbocycles. The van der Waals surface area contributed by atoms with Crippen LogP contribution in [0.5, 0.6) is 0 Å². The van der Waals surface area contributed by atoms with E-state index in [-0.39, 0.29) is 0 Å². The van der Waals surface area contributed by atoms with Crippen molar-refractivity contribution >= 4 is 5.91 Å². The standard InChI is InChI=1S/C11H21N3O/c1-13-5-6-14(11(15)9-13)8-10-3-2-4-12-7-10/h10,12H,2-9H2,1H3. The number of nitrogens with zero attached hydrogens (tertiary/aromatic N) is 2. The summed E-state index contributed by atoms with van der Waals surface area (Å²) >= 11 is 0. The predicted octanol–water partition coefficient (Wildman–Crippen LogP) is -0.240. The summed E-state index contributed by atoms with van der Waals surface area (Å²) in [4.78, 5) is 15.9. The maximum absolute atomic E-state index is 11.7. The lowest BCUT2D eigenvalue weighted by molar-refractivity contribution is -0.136. The number of rotatable bonds is 2. The molecule has 1 unspecified atom stereocenters. The van der Waals surface area contributed by atoms with Gasteiger partial charge in [-0.15, -0.1) is 0 Å². The first kappa shape index (κ1) is 10.9. The van der Waals surface area contributed by atoms with Crippen molar-refractivity contribution in [1.82, 2.24) is 15.1 Å². The van der Waals surface area contributed by atoms with E-state index in [2.05, 4.69) is 10.2 Å². The minimum absolute atomic E-state index is 0.300. The first-order chi connectivity index (χ1) is 7.25. The Bertz CT molecular complexity index is 226. The maximum atomic E-state index is 11.7. The third-order valence-corrected chi connectivity index (χ3v) is 3.39. The molecule has 2 saturated heterocycles. The molecule has 86 valence electrons. The van der Waals surface area contributed by atoms with Gasteiger partial charge in [0.05, 0.1) is 6.54 Å². The lowest BCUT2D eigenvalue weighted by atomic mass is 9.99. The summed E-state index contributed by atoms with van der Waals surface area (Å²) in [5.41, 5.74) is 0. The van der Waals surface area contributed by atoms with E-state index in [9.17, 15) is 4.79 Å². The van der Waals surface area contributed by atoms with Crippen molar-refractivity contribution in [2.45, 2.75) is 12.8 Å². The minimum Gasteiger partial charge on any atom is -0.340 e. The van der Waals surface area contributed by atoms with Crippen LogP contribution in [0.2, 0.25) is 0 Å². The average molecular weight is 211 g/mol. The number of carbonyl (C=O) groups is 1. The minimum atomic E-state index is 0.300. The highest BCUT2D eigenvalue weighted by molar-refractivity contribution is 5.78. The quantitative estimate of drug-likeness (QED) is 0.685. The van der Waals surface area contributed by atoms with Gasteiger partial charge in [0.15, 0.2) is 0 Å². The molecular formula is C11H21N3O. The summed E-state index contributed by atoms with van der Waals surface area (Å²) in [7, 11) is 2.01. The predicted molar refractivity (Wildman–Crippen MR) is 59.7 cm³/mol. The lowest BCUT2D eigenvalue weighted by Gasteiger charge is -2.35. The molecule has 0 radical (unpaired) electrons. The topological polar surface area (TPSA) is 35.6 Å². The van der Waals surface area contributed by atoms with Crippen molar-refractivity contribution in [3.8, 4) is 0 Å². The third-order valence-electron chi connectivity index (χ3n) is 3.39. The van der Waals surface area contributed by atoms with Gasteiger partial charge in [-0.2, -0.15) is 0 Å². The van der Waals surface area contributed by atoms with Crippen molar-refractivity contribution in [2.75, 3.05) is 46.3 Å². The Balaban J connectivity index is 1.80. The normalized spacial score (nSPS) is 29.5. The maximum Gasteiger partial charge on any atom is 0.236 e. The van der Waals surface area contributed by atoms with Gasteiger partial charge in [-0.05, 0) is 38.9 Å². The van der Waals surface area contributed by atoms with E-state index in [0.717, 1.165) is 32.7 Å². The Morgan fingerprint density at radius 2 is 2.33 bits per heavy atom. The lowest BCUT2D eigenvalue weighted by Crippen LogP contribution is -2.51. The average Bonchev–Trinajstić information content (AvgIpc) is 2.24. The van der Waals surface area contributed by atoms with Crippen LogP contribution in [0.4, 0.5) is 0 Å². The number of hydrogen-bond acceptors (Lipinski definition) is 3. The van der Waals surface area contributed by atoms with Gasteiger partial charge in [-0.3, -0.25) is 9.69 Å². The molecule has 4 nitrogen and oxygen atoms in total. The van der Waals surface area contributed by atoms with E-state index in [0.29, 0.717) is 18.4 Å². The largest absolute Gasteiger partial charge is 0.340 e. The molecule has 0 aromatic rings. The molecule has 2 aliphatic rings. The molecule has 2 aliphatic heterocycles. The van der Waals surface area contributed by atoms with Crippen LogP contribution in [-0.2, 0) is 4.79 Å². The van der Waals surface area contributed by atoms with Crippen LogP contribution in [0.15, 0.2) is 0 Å². The van der Waals surface area contributed by atoms with Gasteiger partial charge in [0.2, 0.25) is 5.91 Å². The number of likely N-dealkylation sites (N-methyl/N-ethyl adjacent to an activating group) is 1. The van der Waals surface area contributed by atoms with Crippen LogP contribution >= 0.6 is 0 Å². The fraction of sp³-hybridized carbons (Fsp3) is 0.909. The van der Waals surface area contributed by atoms with Crippen LogP contribution in [0.25, 0.3) is 0 Å². The summed E-state index contributed by atoms with van der Waals surface area (Å²) in [6, 6.07) is 0. The number of carbonyl (C=O) groups excluding carboxylic acids is 1. The number of piperazine rings is 1. The van der Waals surface area contributed by atoms with Crippen LogP contribution < -0.4 is 5.32 Å². The van der Waals surface area contributed by atoms with Gasteiger partial charge < -0.3 is 10.2 Å². The molecule has 0 spiro atoms. The van der Waals surface area contributed by atoms with E-state index >= 15 is 0 Å². The number of amides is 1. The highest BCUT2D eigenvalue weighted by atomic mass is 16.2. The monoisotopic (exact) mass is 211 g/mol. The Morgan fingerprint density at radius 3 is 3.00 bits per heavy atom. The number of piperidine rings is 1. The van der Waals surface area contributed by atoms with Crippen molar-refractivity contribution in [3.05, 3.63) is 0 Å². The molecule has 2 rings (SSSR count). The molecular weight excluding hydrogens is 190 g/mol. The van der Waals surface area contributed by atoms with Crippen LogP contribution in [-0.4, -0.2) is 62.0 Å². The molecule has 2 fully saturated rings. The number of nitrogens with one attached hydrogen (secondary N) is 1. The van der Waals surface area contributed by atoms with Crippen molar-refractivity contribution in [1.29, 1.82) is 0 Å². The smallest absolute Gasteiger partial charge is 0.236 e. The summed E-state index contributed by atoms with van der Waals surface area (Å²) in [5, 5.41) is 3.40. The van der Waals surface area contributed by atoms with Gasteiger partial charge in [0.25, 0.3) is 0 Å². The fourth-order valence-corrected chi connectivity index (χ4v) is 2.41. The van der Waals surface area contributed by atoms with E-state index in [4.69, 9.17) is 0 Å². The molecule has 2 heterocycles. The van der Waals surface area contributed by atoms with Gasteiger partial charge in [-0.1, -0.05) is 0 Å². The molecule has 15 heavy (non-hydrogen) atoms. The first-order valence-corrected chi connectivity index (χ1v) is 5.93. The summed E-state index contributed by atoms with van der Waals surface area (Å²) < 4.78 is 0. The van der Waals surface area contributed by atoms with Gasteiger partial charge in [0, 0.05) is 19.6 Å². The van der Waals surface area contributed by atoms with E-state index in [1.54, 1.807) is 0 Å². The van der Waals surface area contributed by atoms with Gasteiger partial charge in [-0.25, -0.2) is 0 Å². The third kappa shape index (κ3) is 2.92. The van der Waals surface area contributed by atoms with Crippen molar-refractivity contribution < 1.29 is 4.79 Å². The van der Waals surface area contributed by atoms with Gasteiger partial charge >= 0.3 is 0 Å². The van der Waals surface area contributed by atoms with Crippen LogP contribution in [0.1, 0.15) is 12.8 Å². The SMILES string of the molecule is CN1CCN(CC2CCCNC2)C(=O)C1. The molecule has 1 atom stereocenters. The van der Waals surface area contributed by atoms with Crippen molar-refractivity contribution in [3.63, 3.8) is 0 Å². The zero-order chi connectivity index (χ0) is 10.7. The number of hydrogen-bond donors (Lipinski definition) is 1. The zero-order valence-corrected chi connectivity index (χ0v) is 9.54. The van der Waals surface area contributed by atoms with Crippen LogP contribution in [0, 0.1) is 5.92 Å². The molecule has 0 aromatic heterocycles. The van der Waals surface area contributed by atoms with Gasteiger partial charge in [0.1, 0.15) is 0 Å². The Kier molecular flexibility index (Phi) is 3.59. The molecule has 0 aromatic carbocycles. The second kappa shape index (κ2) is 4.94. The van der Waals surface area contributed by atoms with Crippen LogP contribution in [0.3, 0.4) is 0 Å². The summed E-state index contributed by atoms with van der Waals surface area (Å²) in [5.74, 6) is 0.973. The second-order valence-electron chi connectivity index (χ2n) is 4.79. The van der Waals surface area contributed by atoms with E-state index < -0.39 is 0 Å². The van der Waals surface area contributed by atoms with Crippen molar-refractivity contribution in [2.24, 2.45) is 5.92 Å². The zero-order valence-electron chi connectivity index (χ0n) is 9.54. The Hall–Kier alpha value is -0.610. The summed E-state index contributed by atoms with van der Waals surface area (Å²) in [6.07, 6.45) is 2.53. The molecule has 4 heteroatoms. The Morgan fingerprint density at radius 1 is 1.47 bits per heavy atom. The summed E-state index contributed by atoms with van der Waals surface area (Å²) in [6.45, 7) is 5.71.